The Bertz CT molecular complexity index is 739. The van der Waals surface area contributed by atoms with E-state index >= 15 is 0 Å². The van der Waals surface area contributed by atoms with Gasteiger partial charge in [-0.1, -0.05) is 36.4 Å². The zero-order chi connectivity index (χ0) is 18.0. The van der Waals surface area contributed by atoms with Crippen molar-refractivity contribution in [3.63, 3.8) is 0 Å². The van der Waals surface area contributed by atoms with Crippen LogP contribution in [0.4, 0.5) is 9.59 Å². The summed E-state index contributed by atoms with van der Waals surface area (Å²) in [7, 11) is 2.37. The molecule has 1 aromatic carbocycles. The normalized spacial score (nSPS) is 25.2. The average Bonchev–Trinajstić information content (AvgIpc) is 3.33. The van der Waals surface area contributed by atoms with Gasteiger partial charge in [-0.05, 0) is 11.1 Å². The Morgan fingerprint density at radius 3 is 2.44 bits per heavy atom. The molecule has 0 unspecified atom stereocenters. The minimum absolute atomic E-state index is 0.124. The fourth-order valence-corrected chi connectivity index (χ4v) is 3.56. The summed E-state index contributed by atoms with van der Waals surface area (Å²) in [5.74, 6) is -0.578. The third-order valence-corrected chi connectivity index (χ3v) is 4.82. The van der Waals surface area contributed by atoms with E-state index in [9.17, 15) is 14.4 Å². The topological polar surface area (TPSA) is 88.1 Å². The molecule has 1 fully saturated rings. The van der Waals surface area contributed by atoms with Gasteiger partial charge in [-0.25, -0.2) is 9.59 Å². The van der Waals surface area contributed by atoms with Crippen LogP contribution in [0.5, 0.6) is 0 Å². The van der Waals surface area contributed by atoms with Crippen molar-refractivity contribution in [2.45, 2.75) is 5.92 Å². The lowest BCUT2D eigenvalue weighted by molar-refractivity contribution is -0.130. The fourth-order valence-electron chi connectivity index (χ4n) is 3.56. The maximum Gasteiger partial charge on any atom is 0.508 e. The highest BCUT2D eigenvalue weighted by atomic mass is 16.7. The highest BCUT2D eigenvalue weighted by Crippen LogP contribution is 2.68. The summed E-state index contributed by atoms with van der Waals surface area (Å²) in [6.07, 6.45) is 2.09. The maximum absolute atomic E-state index is 12.8. The van der Waals surface area contributed by atoms with Crippen molar-refractivity contribution >= 4 is 24.2 Å². The molecule has 0 radical (unpaired) electrons. The van der Waals surface area contributed by atoms with Gasteiger partial charge in [0.15, 0.2) is 12.4 Å². The molecule has 0 amide bonds. The number of hydrogen-bond acceptors (Lipinski definition) is 7. The number of carbonyl (C=O) groups excluding carboxylic acids is 3. The second-order valence-corrected chi connectivity index (χ2v) is 5.94. The summed E-state index contributed by atoms with van der Waals surface area (Å²) in [4.78, 5) is 35.4. The van der Waals surface area contributed by atoms with E-state index in [-0.39, 0.29) is 24.2 Å². The Balaban J connectivity index is 1.85. The minimum atomic E-state index is -0.967. The molecule has 132 valence electrons. The van der Waals surface area contributed by atoms with E-state index in [1.165, 1.54) is 14.2 Å². The maximum atomic E-state index is 12.8. The molecule has 0 spiro atoms. The number of allylic oxidation sites excluding steroid dienone is 1. The van der Waals surface area contributed by atoms with Gasteiger partial charge < -0.3 is 18.9 Å². The smallest absolute Gasteiger partial charge is 0.438 e. The van der Waals surface area contributed by atoms with Crippen molar-refractivity contribution in [1.82, 2.24) is 0 Å². The summed E-state index contributed by atoms with van der Waals surface area (Å²) in [6.45, 7) is -0.586. The van der Waals surface area contributed by atoms with Gasteiger partial charge in [-0.3, -0.25) is 4.79 Å². The summed E-state index contributed by atoms with van der Waals surface area (Å²) in [5.41, 5.74) is 1.06. The van der Waals surface area contributed by atoms with Crippen LogP contribution >= 0.6 is 0 Å². The molecular formula is C18H18O7. The van der Waals surface area contributed by atoms with E-state index in [1.807, 2.05) is 36.4 Å². The van der Waals surface area contributed by atoms with Crippen molar-refractivity contribution in [1.29, 1.82) is 0 Å². The number of Topliss-reactive ketones (excluding diaryl/α,β-unsaturated/α-hetero) is 1. The Morgan fingerprint density at radius 2 is 1.72 bits per heavy atom. The Kier molecular flexibility index (Phi) is 4.48. The summed E-state index contributed by atoms with van der Waals surface area (Å²) >= 11 is 0. The molecule has 3 rings (SSSR count). The van der Waals surface area contributed by atoms with Gasteiger partial charge >= 0.3 is 12.3 Å². The van der Waals surface area contributed by atoms with Crippen LogP contribution in [-0.4, -0.2) is 45.5 Å². The van der Waals surface area contributed by atoms with E-state index in [4.69, 9.17) is 9.47 Å². The molecule has 0 heterocycles. The lowest BCUT2D eigenvalue weighted by atomic mass is 9.93. The van der Waals surface area contributed by atoms with Crippen LogP contribution in [0.1, 0.15) is 17.0 Å². The van der Waals surface area contributed by atoms with Crippen molar-refractivity contribution < 1.29 is 33.3 Å². The first-order chi connectivity index (χ1) is 12.0. The van der Waals surface area contributed by atoms with Crippen molar-refractivity contribution in [2.75, 3.05) is 27.4 Å². The molecule has 2 aliphatic carbocycles. The molecular weight excluding hydrogens is 328 g/mol. The van der Waals surface area contributed by atoms with Crippen LogP contribution in [0, 0.1) is 11.3 Å². The first-order valence-electron chi connectivity index (χ1n) is 7.76. The molecule has 1 aromatic rings. The quantitative estimate of drug-likeness (QED) is 0.757. The number of hydrogen-bond donors (Lipinski definition) is 0. The van der Waals surface area contributed by atoms with E-state index in [1.54, 1.807) is 0 Å². The second-order valence-electron chi connectivity index (χ2n) is 5.94. The molecule has 25 heavy (non-hydrogen) atoms. The molecule has 2 aliphatic rings. The van der Waals surface area contributed by atoms with Crippen LogP contribution in [0.2, 0.25) is 0 Å². The second kappa shape index (κ2) is 6.58. The number of ketones is 1. The highest BCUT2D eigenvalue weighted by molar-refractivity contribution is 5.94. The third-order valence-electron chi connectivity index (χ3n) is 4.82. The molecule has 0 aromatic heterocycles. The van der Waals surface area contributed by atoms with Gasteiger partial charge in [0.05, 0.1) is 19.6 Å². The SMILES string of the molecule is COC(=O)OCC(=O)[C@@]1(COC(=O)OC)[C@@H]2C=Cc3ccccc3[C@@H]21. The zero-order valence-corrected chi connectivity index (χ0v) is 13.9. The molecule has 0 N–H and O–H groups in total. The molecule has 1 saturated carbocycles. The summed E-state index contributed by atoms with van der Waals surface area (Å²) in [6, 6.07) is 7.72. The average molecular weight is 346 g/mol. The highest BCUT2D eigenvalue weighted by Gasteiger charge is 2.70. The van der Waals surface area contributed by atoms with E-state index < -0.39 is 24.3 Å². The van der Waals surface area contributed by atoms with Gasteiger partial charge in [0, 0.05) is 11.8 Å². The monoisotopic (exact) mass is 346 g/mol. The van der Waals surface area contributed by atoms with Crippen molar-refractivity contribution in [2.24, 2.45) is 11.3 Å². The van der Waals surface area contributed by atoms with Gasteiger partial charge in [0.2, 0.25) is 0 Å². The molecule has 0 bridgehead atoms. The number of methoxy groups -OCH3 is 2. The summed E-state index contributed by atoms with van der Waals surface area (Å²) < 4.78 is 18.8. The summed E-state index contributed by atoms with van der Waals surface area (Å²) in [5, 5.41) is 0. The minimum Gasteiger partial charge on any atom is -0.438 e. The van der Waals surface area contributed by atoms with Crippen LogP contribution in [0.15, 0.2) is 30.3 Å². The molecule has 0 aliphatic heterocycles. The van der Waals surface area contributed by atoms with Gasteiger partial charge in [0.25, 0.3) is 0 Å². The van der Waals surface area contributed by atoms with Crippen molar-refractivity contribution in [3.8, 4) is 0 Å². The lowest BCUT2D eigenvalue weighted by Gasteiger charge is -2.16. The van der Waals surface area contributed by atoms with Gasteiger partial charge in [0.1, 0.15) is 6.61 Å². The third kappa shape index (κ3) is 2.86. The van der Waals surface area contributed by atoms with E-state index in [0.29, 0.717) is 0 Å². The lowest BCUT2D eigenvalue weighted by Crippen LogP contribution is -2.31. The van der Waals surface area contributed by atoms with Gasteiger partial charge in [-0.15, -0.1) is 0 Å². The first-order valence-corrected chi connectivity index (χ1v) is 7.76. The molecule has 0 saturated heterocycles. The van der Waals surface area contributed by atoms with E-state index in [0.717, 1.165) is 11.1 Å². The van der Waals surface area contributed by atoms with Crippen LogP contribution < -0.4 is 0 Å². The largest absolute Gasteiger partial charge is 0.508 e. The number of carbonyl (C=O) groups is 3. The molecule has 3 atom stereocenters. The van der Waals surface area contributed by atoms with Crippen molar-refractivity contribution in [3.05, 3.63) is 41.5 Å². The molecule has 7 heteroatoms. The van der Waals surface area contributed by atoms with Crippen LogP contribution in [-0.2, 0) is 23.7 Å². The molecule has 7 nitrogen and oxygen atoms in total. The van der Waals surface area contributed by atoms with Gasteiger partial charge in [-0.2, -0.15) is 0 Å². The number of fused-ring (bicyclic) bond motifs is 3. The Labute approximate surface area is 144 Å². The first kappa shape index (κ1) is 17.0. The number of benzene rings is 1. The Hall–Kier alpha value is -2.83. The number of rotatable bonds is 5. The number of ether oxygens (including phenoxy) is 4. The predicted molar refractivity (Wildman–Crippen MR) is 85.9 cm³/mol. The Morgan fingerprint density at radius 1 is 1.04 bits per heavy atom. The van der Waals surface area contributed by atoms with E-state index in [2.05, 4.69) is 9.47 Å². The van der Waals surface area contributed by atoms with Crippen LogP contribution in [0.3, 0.4) is 0 Å². The van der Waals surface area contributed by atoms with Crippen LogP contribution in [0.25, 0.3) is 6.08 Å². The zero-order valence-electron chi connectivity index (χ0n) is 13.9. The standard InChI is InChI=1S/C18H18O7/c1-22-16(20)24-9-14(19)18(10-25-17(21)23-2)13-8-7-11-5-3-4-6-12(11)15(13)18/h3-8,13,15H,9-10H2,1-2H3/t13-,15+,18-/m1/s1. The predicted octanol–water partition coefficient (Wildman–Crippen LogP) is 2.55. The fraction of sp³-hybridized carbons (Fsp3) is 0.389.